The molecule has 0 unspecified atom stereocenters. The van der Waals surface area contributed by atoms with Gasteiger partial charge in [0.15, 0.2) is 0 Å². The molecule has 19 heavy (non-hydrogen) atoms. The van der Waals surface area contributed by atoms with Crippen LogP contribution in [-0.4, -0.2) is 37.1 Å². The van der Waals surface area contributed by atoms with E-state index < -0.39 is 23.6 Å². The molecule has 0 spiro atoms. The first-order chi connectivity index (χ1) is 8.97. The monoisotopic (exact) mass is 272 g/mol. The molecule has 0 saturated carbocycles. The van der Waals surface area contributed by atoms with E-state index >= 15 is 0 Å². The number of halogens is 2. The standard InChI is InChI=1S/C12H14F2N2O3/c1-3-16(7-11(17)19-2)12(18)15-10-5-4-8(13)6-9(10)14/h4-6H,3,7H2,1-2H3,(H,15,18). The van der Waals surface area contributed by atoms with E-state index in [0.29, 0.717) is 6.07 Å². The van der Waals surface area contributed by atoms with Crippen molar-refractivity contribution in [2.45, 2.75) is 6.92 Å². The molecular formula is C12H14F2N2O3. The fourth-order valence-electron chi connectivity index (χ4n) is 1.33. The van der Waals surface area contributed by atoms with Crippen LogP contribution < -0.4 is 5.32 Å². The lowest BCUT2D eigenvalue weighted by Crippen LogP contribution is -2.39. The van der Waals surface area contributed by atoms with Crippen LogP contribution in [0.15, 0.2) is 18.2 Å². The van der Waals surface area contributed by atoms with Crippen molar-refractivity contribution < 1.29 is 23.1 Å². The molecule has 0 atom stereocenters. The summed E-state index contributed by atoms with van der Waals surface area (Å²) in [5.41, 5.74) is -0.158. The van der Waals surface area contributed by atoms with Gasteiger partial charge < -0.3 is 15.0 Å². The van der Waals surface area contributed by atoms with Crippen LogP contribution in [0.25, 0.3) is 0 Å². The molecule has 0 heterocycles. The van der Waals surface area contributed by atoms with Crippen molar-refractivity contribution in [3.05, 3.63) is 29.8 Å². The van der Waals surface area contributed by atoms with Gasteiger partial charge in [-0.1, -0.05) is 0 Å². The van der Waals surface area contributed by atoms with Gasteiger partial charge in [-0.15, -0.1) is 0 Å². The number of nitrogens with zero attached hydrogens (tertiary/aromatic N) is 1. The maximum Gasteiger partial charge on any atom is 0.325 e. The fraction of sp³-hybridized carbons (Fsp3) is 0.333. The third kappa shape index (κ3) is 4.20. The van der Waals surface area contributed by atoms with Crippen molar-refractivity contribution in [3.63, 3.8) is 0 Å². The summed E-state index contributed by atoms with van der Waals surface area (Å²) in [5, 5.41) is 2.26. The van der Waals surface area contributed by atoms with E-state index in [4.69, 9.17) is 0 Å². The maximum atomic E-state index is 13.3. The number of hydrogen-bond donors (Lipinski definition) is 1. The largest absolute Gasteiger partial charge is 0.468 e. The van der Waals surface area contributed by atoms with Crippen molar-refractivity contribution in [2.24, 2.45) is 0 Å². The Morgan fingerprint density at radius 1 is 1.37 bits per heavy atom. The quantitative estimate of drug-likeness (QED) is 0.853. The minimum atomic E-state index is -0.887. The molecule has 2 amide bonds. The van der Waals surface area contributed by atoms with Crippen molar-refractivity contribution in [2.75, 3.05) is 25.5 Å². The molecule has 0 aromatic heterocycles. The lowest BCUT2D eigenvalue weighted by atomic mass is 10.3. The Hall–Kier alpha value is -2.18. The number of hydrogen-bond acceptors (Lipinski definition) is 3. The molecule has 1 aromatic carbocycles. The first-order valence-corrected chi connectivity index (χ1v) is 5.55. The second-order valence-electron chi connectivity index (χ2n) is 3.64. The predicted molar refractivity (Wildman–Crippen MR) is 64.6 cm³/mol. The number of rotatable bonds is 4. The predicted octanol–water partition coefficient (Wildman–Crippen LogP) is 1.99. The van der Waals surface area contributed by atoms with E-state index in [1.54, 1.807) is 6.92 Å². The zero-order valence-corrected chi connectivity index (χ0v) is 10.6. The number of urea groups is 1. The first-order valence-electron chi connectivity index (χ1n) is 5.55. The maximum absolute atomic E-state index is 13.3. The number of carbonyl (C=O) groups excluding carboxylic acids is 2. The number of esters is 1. The van der Waals surface area contributed by atoms with Gasteiger partial charge in [0.25, 0.3) is 0 Å². The summed E-state index contributed by atoms with van der Waals surface area (Å²) in [6.45, 7) is 1.65. The summed E-state index contributed by atoms with van der Waals surface area (Å²) < 4.78 is 30.5. The summed E-state index contributed by atoms with van der Waals surface area (Å²) in [5.74, 6) is -2.21. The van der Waals surface area contributed by atoms with Crippen LogP contribution in [-0.2, 0) is 9.53 Å². The molecular weight excluding hydrogens is 258 g/mol. The second kappa shape index (κ2) is 6.67. The molecule has 5 nitrogen and oxygen atoms in total. The van der Waals surface area contributed by atoms with Crippen LogP contribution >= 0.6 is 0 Å². The highest BCUT2D eigenvalue weighted by atomic mass is 19.1. The van der Waals surface area contributed by atoms with Crippen LogP contribution in [0.1, 0.15) is 6.92 Å². The van der Waals surface area contributed by atoms with Gasteiger partial charge in [-0.3, -0.25) is 4.79 Å². The number of nitrogens with one attached hydrogen (secondary N) is 1. The summed E-state index contributed by atoms with van der Waals surface area (Å²) >= 11 is 0. The Bertz CT molecular complexity index is 480. The molecule has 0 aliphatic heterocycles. The number of anilines is 1. The molecule has 0 bridgehead atoms. The Kier molecular flexibility index (Phi) is 5.23. The summed E-state index contributed by atoms with van der Waals surface area (Å²) in [6, 6.07) is 2.12. The number of likely N-dealkylation sites (N-methyl/N-ethyl adjacent to an activating group) is 1. The van der Waals surface area contributed by atoms with Gasteiger partial charge in [0.05, 0.1) is 12.8 Å². The highest BCUT2D eigenvalue weighted by Gasteiger charge is 2.17. The SMILES string of the molecule is CCN(CC(=O)OC)C(=O)Nc1ccc(F)cc1F. The van der Waals surface area contributed by atoms with Crippen molar-refractivity contribution in [1.29, 1.82) is 0 Å². The number of carbonyl (C=O) groups is 2. The topological polar surface area (TPSA) is 58.6 Å². The molecule has 104 valence electrons. The first kappa shape index (κ1) is 14.9. The molecule has 1 rings (SSSR count). The van der Waals surface area contributed by atoms with E-state index in [1.807, 2.05) is 0 Å². The van der Waals surface area contributed by atoms with Gasteiger partial charge in [-0.2, -0.15) is 0 Å². The molecule has 1 N–H and O–H groups in total. The minimum absolute atomic E-state index is 0.158. The van der Waals surface area contributed by atoms with E-state index in [9.17, 15) is 18.4 Å². The van der Waals surface area contributed by atoms with Gasteiger partial charge in [0.1, 0.15) is 18.2 Å². The lowest BCUT2D eigenvalue weighted by Gasteiger charge is -2.20. The van der Waals surface area contributed by atoms with Crippen molar-refractivity contribution in [1.82, 2.24) is 4.90 Å². The van der Waals surface area contributed by atoms with Gasteiger partial charge >= 0.3 is 12.0 Å². The average molecular weight is 272 g/mol. The van der Waals surface area contributed by atoms with E-state index in [1.165, 1.54) is 7.11 Å². The Morgan fingerprint density at radius 2 is 2.05 bits per heavy atom. The third-order valence-corrected chi connectivity index (χ3v) is 2.39. The van der Waals surface area contributed by atoms with Crippen molar-refractivity contribution >= 4 is 17.7 Å². The van der Waals surface area contributed by atoms with Gasteiger partial charge in [0.2, 0.25) is 0 Å². The highest BCUT2D eigenvalue weighted by molar-refractivity contribution is 5.91. The summed E-state index contributed by atoms with van der Waals surface area (Å²) in [7, 11) is 1.20. The highest BCUT2D eigenvalue weighted by Crippen LogP contribution is 2.15. The Morgan fingerprint density at radius 3 is 2.58 bits per heavy atom. The fourth-order valence-corrected chi connectivity index (χ4v) is 1.33. The molecule has 0 saturated heterocycles. The minimum Gasteiger partial charge on any atom is -0.468 e. The van der Waals surface area contributed by atoms with Crippen LogP contribution in [0.2, 0.25) is 0 Å². The number of amides is 2. The van der Waals surface area contributed by atoms with Crippen LogP contribution in [0.5, 0.6) is 0 Å². The number of ether oxygens (including phenoxy) is 1. The summed E-state index contributed by atoms with van der Waals surface area (Å²) in [4.78, 5) is 24.0. The molecule has 0 aliphatic carbocycles. The molecule has 1 aromatic rings. The summed E-state index contributed by atoms with van der Waals surface area (Å²) in [6.07, 6.45) is 0. The van der Waals surface area contributed by atoms with E-state index in [2.05, 4.69) is 10.1 Å². The Balaban J connectivity index is 2.74. The molecule has 7 heteroatoms. The second-order valence-corrected chi connectivity index (χ2v) is 3.64. The normalized spacial score (nSPS) is 9.89. The molecule has 0 aliphatic rings. The van der Waals surface area contributed by atoms with Crippen molar-refractivity contribution in [3.8, 4) is 0 Å². The van der Waals surface area contributed by atoms with E-state index in [0.717, 1.165) is 17.0 Å². The average Bonchev–Trinajstić information content (AvgIpc) is 2.38. The number of methoxy groups -OCH3 is 1. The van der Waals surface area contributed by atoms with Crippen LogP contribution in [0.4, 0.5) is 19.3 Å². The lowest BCUT2D eigenvalue weighted by molar-refractivity contribution is -0.141. The van der Waals surface area contributed by atoms with Crippen LogP contribution in [0.3, 0.4) is 0 Å². The van der Waals surface area contributed by atoms with Gasteiger partial charge in [-0.25, -0.2) is 13.6 Å². The molecule has 0 fully saturated rings. The molecule has 0 radical (unpaired) electrons. The third-order valence-electron chi connectivity index (χ3n) is 2.39. The zero-order chi connectivity index (χ0) is 14.4. The smallest absolute Gasteiger partial charge is 0.325 e. The van der Waals surface area contributed by atoms with Gasteiger partial charge in [0, 0.05) is 12.6 Å². The zero-order valence-electron chi connectivity index (χ0n) is 10.6. The van der Waals surface area contributed by atoms with Crippen LogP contribution in [0, 0.1) is 11.6 Å². The number of benzene rings is 1. The van der Waals surface area contributed by atoms with E-state index in [-0.39, 0.29) is 18.8 Å². The van der Waals surface area contributed by atoms with Gasteiger partial charge in [-0.05, 0) is 19.1 Å². The Labute approximate surface area is 109 Å².